The molecule has 4 nitrogen and oxygen atoms in total. The highest BCUT2D eigenvalue weighted by Gasteiger charge is 2.21. The van der Waals surface area contributed by atoms with E-state index in [1.807, 2.05) is 25.1 Å². The third-order valence-corrected chi connectivity index (χ3v) is 2.88. The van der Waals surface area contributed by atoms with Gasteiger partial charge in [0.05, 0.1) is 20.8 Å². The third-order valence-electron chi connectivity index (χ3n) is 2.88. The number of fused-ring (bicyclic) bond motifs is 1. The molecule has 0 fully saturated rings. The molecule has 96 valence electrons. The second kappa shape index (κ2) is 5.12. The van der Waals surface area contributed by atoms with Gasteiger partial charge in [0.1, 0.15) is 0 Å². The Labute approximate surface area is 106 Å². The van der Waals surface area contributed by atoms with E-state index in [1.54, 1.807) is 7.11 Å². The molecule has 0 aliphatic heterocycles. The number of esters is 1. The Kier molecular flexibility index (Phi) is 3.55. The lowest BCUT2D eigenvalue weighted by Gasteiger charge is -2.11. The van der Waals surface area contributed by atoms with E-state index in [4.69, 9.17) is 14.2 Å². The van der Waals surface area contributed by atoms with Gasteiger partial charge in [0, 0.05) is 12.0 Å². The van der Waals surface area contributed by atoms with Gasteiger partial charge in [-0.1, -0.05) is 0 Å². The summed E-state index contributed by atoms with van der Waals surface area (Å²) in [5.74, 6) is 1.10. The first-order valence-corrected chi connectivity index (χ1v) is 5.82. The number of hydrogen-bond donors (Lipinski definition) is 0. The SMILES string of the molecule is CCOc1cc2c(cc1OC)C=C(C(=O)OC)C2. The Hall–Kier alpha value is -1.97. The van der Waals surface area contributed by atoms with Crippen LogP contribution in [-0.4, -0.2) is 26.8 Å². The lowest BCUT2D eigenvalue weighted by Crippen LogP contribution is -2.04. The third kappa shape index (κ3) is 2.18. The molecule has 0 aromatic heterocycles. The highest BCUT2D eigenvalue weighted by Crippen LogP contribution is 2.36. The maximum Gasteiger partial charge on any atom is 0.334 e. The minimum Gasteiger partial charge on any atom is -0.493 e. The van der Waals surface area contributed by atoms with Crippen molar-refractivity contribution < 1.29 is 19.0 Å². The molecule has 0 spiro atoms. The van der Waals surface area contributed by atoms with E-state index in [0.29, 0.717) is 30.1 Å². The van der Waals surface area contributed by atoms with Crippen LogP contribution in [0.4, 0.5) is 0 Å². The summed E-state index contributed by atoms with van der Waals surface area (Å²) in [6.45, 7) is 2.50. The van der Waals surface area contributed by atoms with Crippen LogP contribution >= 0.6 is 0 Å². The summed E-state index contributed by atoms with van der Waals surface area (Å²) in [6, 6.07) is 3.81. The molecule has 1 aromatic carbocycles. The van der Waals surface area contributed by atoms with Gasteiger partial charge in [-0.3, -0.25) is 0 Å². The van der Waals surface area contributed by atoms with Crippen molar-refractivity contribution in [1.82, 2.24) is 0 Å². The van der Waals surface area contributed by atoms with Crippen LogP contribution in [0.5, 0.6) is 11.5 Å². The Morgan fingerprint density at radius 2 is 2.06 bits per heavy atom. The van der Waals surface area contributed by atoms with Gasteiger partial charge in [0.15, 0.2) is 11.5 Å². The lowest BCUT2D eigenvalue weighted by atomic mass is 10.1. The first-order chi connectivity index (χ1) is 8.69. The predicted octanol–water partition coefficient (Wildman–Crippen LogP) is 2.21. The summed E-state index contributed by atoms with van der Waals surface area (Å²) >= 11 is 0. The maximum absolute atomic E-state index is 11.5. The number of carbonyl (C=O) groups excluding carboxylic acids is 1. The van der Waals surface area contributed by atoms with Crippen LogP contribution in [0.3, 0.4) is 0 Å². The summed E-state index contributed by atoms with van der Waals surface area (Å²) < 4.78 is 15.5. The van der Waals surface area contributed by atoms with Crippen molar-refractivity contribution in [2.24, 2.45) is 0 Å². The molecule has 0 saturated heterocycles. The molecule has 0 N–H and O–H groups in total. The van der Waals surface area contributed by atoms with E-state index in [-0.39, 0.29) is 5.97 Å². The Morgan fingerprint density at radius 3 is 2.67 bits per heavy atom. The Morgan fingerprint density at radius 1 is 1.28 bits per heavy atom. The van der Waals surface area contributed by atoms with Crippen LogP contribution in [0.15, 0.2) is 17.7 Å². The number of rotatable bonds is 4. The van der Waals surface area contributed by atoms with E-state index < -0.39 is 0 Å². The lowest BCUT2D eigenvalue weighted by molar-refractivity contribution is -0.136. The molecular weight excluding hydrogens is 232 g/mol. The van der Waals surface area contributed by atoms with Crippen LogP contribution < -0.4 is 9.47 Å². The second-order valence-electron chi connectivity index (χ2n) is 3.97. The average molecular weight is 248 g/mol. The van der Waals surface area contributed by atoms with Crippen molar-refractivity contribution in [2.75, 3.05) is 20.8 Å². The number of benzene rings is 1. The molecular formula is C14H16O4. The number of carbonyl (C=O) groups is 1. The molecule has 0 radical (unpaired) electrons. The van der Waals surface area contributed by atoms with E-state index in [2.05, 4.69) is 0 Å². The first kappa shape index (κ1) is 12.5. The van der Waals surface area contributed by atoms with Crippen LogP contribution in [0.2, 0.25) is 0 Å². The molecule has 0 saturated carbocycles. The molecule has 1 aliphatic carbocycles. The molecule has 18 heavy (non-hydrogen) atoms. The second-order valence-corrected chi connectivity index (χ2v) is 3.97. The van der Waals surface area contributed by atoms with Gasteiger partial charge < -0.3 is 14.2 Å². The highest BCUT2D eigenvalue weighted by molar-refractivity contribution is 5.96. The minimum absolute atomic E-state index is 0.289. The molecule has 2 rings (SSSR count). The topological polar surface area (TPSA) is 44.8 Å². The zero-order chi connectivity index (χ0) is 13.1. The van der Waals surface area contributed by atoms with Crippen molar-refractivity contribution in [3.05, 3.63) is 28.8 Å². The smallest absolute Gasteiger partial charge is 0.334 e. The summed E-state index contributed by atoms with van der Waals surface area (Å²) in [7, 11) is 2.99. The van der Waals surface area contributed by atoms with Crippen molar-refractivity contribution in [3.63, 3.8) is 0 Å². The summed E-state index contributed by atoms with van der Waals surface area (Å²) in [4.78, 5) is 11.5. The van der Waals surface area contributed by atoms with Gasteiger partial charge in [-0.15, -0.1) is 0 Å². The van der Waals surface area contributed by atoms with Gasteiger partial charge in [-0.25, -0.2) is 4.79 Å². The standard InChI is InChI=1S/C14H16O4/c1-4-18-13-8-10-6-11(14(15)17-3)5-9(10)7-12(13)16-2/h5,7-8H,4,6H2,1-3H3. The zero-order valence-corrected chi connectivity index (χ0v) is 10.8. The normalized spacial score (nSPS) is 12.7. The largest absolute Gasteiger partial charge is 0.493 e. The fourth-order valence-corrected chi connectivity index (χ4v) is 2.04. The van der Waals surface area contributed by atoms with Gasteiger partial charge in [0.2, 0.25) is 0 Å². The number of hydrogen-bond acceptors (Lipinski definition) is 4. The predicted molar refractivity (Wildman–Crippen MR) is 67.9 cm³/mol. The van der Waals surface area contributed by atoms with Crippen LogP contribution in [0.1, 0.15) is 18.1 Å². The van der Waals surface area contributed by atoms with E-state index in [9.17, 15) is 4.79 Å². The van der Waals surface area contributed by atoms with Gasteiger partial charge in [-0.2, -0.15) is 0 Å². The van der Waals surface area contributed by atoms with Crippen molar-refractivity contribution in [1.29, 1.82) is 0 Å². The van der Waals surface area contributed by atoms with E-state index in [1.165, 1.54) is 7.11 Å². The van der Waals surface area contributed by atoms with Crippen LogP contribution in [-0.2, 0) is 16.0 Å². The van der Waals surface area contributed by atoms with E-state index in [0.717, 1.165) is 11.1 Å². The zero-order valence-electron chi connectivity index (χ0n) is 10.8. The molecule has 1 aromatic rings. The number of ether oxygens (including phenoxy) is 3. The molecule has 0 atom stereocenters. The quantitative estimate of drug-likeness (QED) is 0.766. The van der Waals surface area contributed by atoms with Gasteiger partial charge in [-0.05, 0) is 36.3 Å². The fraction of sp³-hybridized carbons (Fsp3) is 0.357. The summed E-state index contributed by atoms with van der Waals surface area (Å²) in [6.07, 6.45) is 2.41. The molecule has 0 unspecified atom stereocenters. The Balaban J connectivity index is 2.34. The first-order valence-electron chi connectivity index (χ1n) is 5.82. The highest BCUT2D eigenvalue weighted by atomic mass is 16.5. The van der Waals surface area contributed by atoms with Gasteiger partial charge >= 0.3 is 5.97 Å². The summed E-state index contributed by atoms with van der Waals surface area (Å²) in [5, 5.41) is 0. The van der Waals surface area contributed by atoms with Crippen LogP contribution in [0.25, 0.3) is 6.08 Å². The van der Waals surface area contributed by atoms with E-state index >= 15 is 0 Å². The van der Waals surface area contributed by atoms with Crippen LogP contribution in [0, 0.1) is 0 Å². The van der Waals surface area contributed by atoms with Crippen molar-refractivity contribution >= 4 is 12.0 Å². The average Bonchev–Trinajstić information content (AvgIpc) is 2.80. The molecule has 0 amide bonds. The van der Waals surface area contributed by atoms with Crippen molar-refractivity contribution in [2.45, 2.75) is 13.3 Å². The molecule has 4 heteroatoms. The molecule has 0 bridgehead atoms. The molecule has 1 aliphatic rings. The maximum atomic E-state index is 11.5. The molecule has 0 heterocycles. The summed E-state index contributed by atoms with van der Waals surface area (Å²) in [5.41, 5.74) is 2.69. The number of methoxy groups -OCH3 is 2. The fourth-order valence-electron chi connectivity index (χ4n) is 2.04. The van der Waals surface area contributed by atoms with Crippen molar-refractivity contribution in [3.8, 4) is 11.5 Å². The minimum atomic E-state index is -0.289. The Bertz CT molecular complexity index is 503. The van der Waals surface area contributed by atoms with Gasteiger partial charge in [0.25, 0.3) is 0 Å². The monoisotopic (exact) mass is 248 g/mol.